The van der Waals surface area contributed by atoms with Crippen LogP contribution in [-0.4, -0.2) is 55.6 Å². The second-order valence-electron chi connectivity index (χ2n) is 6.11. The van der Waals surface area contributed by atoms with Gasteiger partial charge in [-0.15, -0.1) is 0 Å². The number of rotatable bonds is 8. The minimum Gasteiger partial charge on any atom is -0.389 e. The molecular formula is C17H25F2NO3. The first-order valence-electron chi connectivity index (χ1n) is 8.00. The summed E-state index contributed by atoms with van der Waals surface area (Å²) in [5.74, 6) is -0.919. The molecule has 0 spiro atoms. The Labute approximate surface area is 136 Å². The number of hydrogen-bond donors (Lipinski definition) is 1. The molecule has 23 heavy (non-hydrogen) atoms. The van der Waals surface area contributed by atoms with Gasteiger partial charge in [0.2, 0.25) is 0 Å². The van der Waals surface area contributed by atoms with E-state index < -0.39 is 17.7 Å². The molecule has 0 saturated carbocycles. The van der Waals surface area contributed by atoms with Gasteiger partial charge in [-0.3, -0.25) is 4.90 Å². The summed E-state index contributed by atoms with van der Waals surface area (Å²) in [6.07, 6.45) is 1.47. The normalized spacial score (nSPS) is 20.9. The van der Waals surface area contributed by atoms with Crippen LogP contribution in [0.1, 0.15) is 31.4 Å². The van der Waals surface area contributed by atoms with Crippen LogP contribution in [0.25, 0.3) is 0 Å². The van der Waals surface area contributed by atoms with E-state index in [0.29, 0.717) is 13.2 Å². The Kier molecular flexibility index (Phi) is 6.89. The van der Waals surface area contributed by atoms with Gasteiger partial charge in [-0.25, -0.2) is 8.78 Å². The molecule has 0 radical (unpaired) electrons. The third-order valence-electron chi connectivity index (χ3n) is 4.21. The van der Waals surface area contributed by atoms with Crippen molar-refractivity contribution in [2.45, 2.75) is 38.0 Å². The van der Waals surface area contributed by atoms with Crippen molar-refractivity contribution in [1.29, 1.82) is 0 Å². The average Bonchev–Trinajstić information content (AvgIpc) is 3.02. The van der Waals surface area contributed by atoms with Crippen molar-refractivity contribution in [1.82, 2.24) is 4.90 Å². The highest BCUT2D eigenvalue weighted by molar-refractivity contribution is 5.21. The smallest absolute Gasteiger partial charge is 0.128 e. The van der Waals surface area contributed by atoms with Crippen LogP contribution in [0, 0.1) is 11.6 Å². The Balaban J connectivity index is 1.77. The summed E-state index contributed by atoms with van der Waals surface area (Å²) in [6.45, 7) is 3.54. The highest BCUT2D eigenvalue weighted by Crippen LogP contribution is 2.23. The van der Waals surface area contributed by atoms with E-state index in [1.54, 1.807) is 18.9 Å². The lowest BCUT2D eigenvalue weighted by Gasteiger charge is -2.27. The van der Waals surface area contributed by atoms with Crippen LogP contribution in [0.3, 0.4) is 0 Å². The zero-order valence-electron chi connectivity index (χ0n) is 13.7. The fraction of sp³-hybridized carbons (Fsp3) is 0.647. The predicted octanol–water partition coefficient (Wildman–Crippen LogP) is 2.51. The van der Waals surface area contributed by atoms with Gasteiger partial charge in [0, 0.05) is 24.8 Å². The number of benzene rings is 1. The average molecular weight is 329 g/mol. The van der Waals surface area contributed by atoms with Crippen molar-refractivity contribution in [3.05, 3.63) is 35.4 Å². The maximum Gasteiger partial charge on any atom is 0.128 e. The van der Waals surface area contributed by atoms with E-state index in [4.69, 9.17) is 9.47 Å². The molecule has 4 nitrogen and oxygen atoms in total. The molecule has 1 aromatic carbocycles. The van der Waals surface area contributed by atoms with Crippen LogP contribution in [0.2, 0.25) is 0 Å². The lowest BCUT2D eigenvalue weighted by molar-refractivity contribution is -0.0258. The minimum absolute atomic E-state index is 0.125. The van der Waals surface area contributed by atoms with E-state index >= 15 is 0 Å². The summed E-state index contributed by atoms with van der Waals surface area (Å²) in [4.78, 5) is 1.78. The SMILES string of the molecule is CC(c1cc(F)ccc1F)N(C)CC(O)COCC1CCCO1. The number of nitrogens with zero attached hydrogens (tertiary/aromatic N) is 1. The van der Waals surface area contributed by atoms with Gasteiger partial charge >= 0.3 is 0 Å². The fourth-order valence-corrected chi connectivity index (χ4v) is 2.73. The van der Waals surface area contributed by atoms with Crippen molar-refractivity contribution in [2.24, 2.45) is 0 Å². The van der Waals surface area contributed by atoms with E-state index in [1.165, 1.54) is 6.07 Å². The first-order chi connectivity index (χ1) is 11.0. The summed E-state index contributed by atoms with van der Waals surface area (Å²) in [5, 5.41) is 10.0. The Bertz CT molecular complexity index is 495. The molecule has 3 unspecified atom stereocenters. The molecule has 1 fully saturated rings. The maximum atomic E-state index is 13.8. The highest BCUT2D eigenvalue weighted by Gasteiger charge is 2.20. The first-order valence-corrected chi connectivity index (χ1v) is 8.00. The van der Waals surface area contributed by atoms with Crippen LogP contribution >= 0.6 is 0 Å². The zero-order chi connectivity index (χ0) is 16.8. The number of aliphatic hydroxyl groups is 1. The van der Waals surface area contributed by atoms with E-state index in [0.717, 1.165) is 31.6 Å². The number of likely N-dealkylation sites (N-methyl/N-ethyl adjacent to an activating group) is 1. The summed E-state index contributed by atoms with van der Waals surface area (Å²) in [6, 6.07) is 3.06. The molecule has 0 bridgehead atoms. The minimum atomic E-state index is -0.694. The molecule has 130 valence electrons. The fourth-order valence-electron chi connectivity index (χ4n) is 2.73. The maximum absolute atomic E-state index is 13.8. The van der Waals surface area contributed by atoms with Gasteiger partial charge in [0.05, 0.1) is 25.4 Å². The monoisotopic (exact) mass is 329 g/mol. The molecule has 6 heteroatoms. The van der Waals surface area contributed by atoms with Crippen molar-refractivity contribution >= 4 is 0 Å². The number of halogens is 2. The number of aliphatic hydroxyl groups excluding tert-OH is 1. The van der Waals surface area contributed by atoms with Gasteiger partial charge < -0.3 is 14.6 Å². The van der Waals surface area contributed by atoms with Gasteiger partial charge in [-0.2, -0.15) is 0 Å². The molecule has 3 atom stereocenters. The van der Waals surface area contributed by atoms with E-state index in [-0.39, 0.29) is 24.3 Å². The second-order valence-corrected chi connectivity index (χ2v) is 6.11. The van der Waals surface area contributed by atoms with Gasteiger partial charge in [-0.1, -0.05) is 0 Å². The quantitative estimate of drug-likeness (QED) is 0.796. The molecule has 1 aromatic rings. The van der Waals surface area contributed by atoms with Crippen LogP contribution < -0.4 is 0 Å². The summed E-state index contributed by atoms with van der Waals surface area (Å²) in [7, 11) is 1.76. The van der Waals surface area contributed by atoms with Gasteiger partial charge in [0.25, 0.3) is 0 Å². The molecule has 1 aliphatic rings. The van der Waals surface area contributed by atoms with E-state index in [9.17, 15) is 13.9 Å². The number of hydrogen-bond acceptors (Lipinski definition) is 4. The third-order valence-corrected chi connectivity index (χ3v) is 4.21. The Morgan fingerprint density at radius 1 is 1.43 bits per heavy atom. The molecule has 1 saturated heterocycles. The van der Waals surface area contributed by atoms with Crippen LogP contribution in [0.4, 0.5) is 8.78 Å². The van der Waals surface area contributed by atoms with Gasteiger partial charge in [-0.05, 0) is 45.0 Å². The van der Waals surface area contributed by atoms with Crippen molar-refractivity contribution in [3.8, 4) is 0 Å². The highest BCUT2D eigenvalue weighted by atomic mass is 19.1. The van der Waals surface area contributed by atoms with Gasteiger partial charge in [0.15, 0.2) is 0 Å². The number of ether oxygens (including phenoxy) is 2. The lowest BCUT2D eigenvalue weighted by Crippen LogP contribution is -2.35. The summed E-state index contributed by atoms with van der Waals surface area (Å²) in [5.41, 5.74) is 0.278. The molecule has 1 heterocycles. The van der Waals surface area contributed by atoms with Crippen molar-refractivity contribution < 1.29 is 23.4 Å². The molecule has 0 aromatic heterocycles. The van der Waals surface area contributed by atoms with E-state index in [1.807, 2.05) is 0 Å². The predicted molar refractivity (Wildman–Crippen MR) is 83.2 cm³/mol. The molecule has 0 amide bonds. The summed E-state index contributed by atoms with van der Waals surface area (Å²) < 4.78 is 38.0. The lowest BCUT2D eigenvalue weighted by atomic mass is 10.1. The van der Waals surface area contributed by atoms with Crippen molar-refractivity contribution in [2.75, 3.05) is 33.4 Å². The molecule has 0 aliphatic carbocycles. The molecule has 1 N–H and O–H groups in total. The largest absolute Gasteiger partial charge is 0.389 e. The standard InChI is InChI=1S/C17H25F2NO3/c1-12(16-8-13(18)5-6-17(16)19)20(2)9-14(21)10-22-11-15-4-3-7-23-15/h5-6,8,12,14-15,21H,3-4,7,9-11H2,1-2H3. The first kappa shape index (κ1) is 18.3. The summed E-state index contributed by atoms with van der Waals surface area (Å²) >= 11 is 0. The Morgan fingerprint density at radius 3 is 2.91 bits per heavy atom. The Morgan fingerprint density at radius 2 is 2.22 bits per heavy atom. The molecule has 2 rings (SSSR count). The molecular weight excluding hydrogens is 304 g/mol. The third kappa shape index (κ3) is 5.49. The topological polar surface area (TPSA) is 41.9 Å². The second kappa shape index (κ2) is 8.68. The van der Waals surface area contributed by atoms with Gasteiger partial charge in [0.1, 0.15) is 11.6 Å². The zero-order valence-corrected chi connectivity index (χ0v) is 13.7. The van der Waals surface area contributed by atoms with Crippen LogP contribution in [-0.2, 0) is 9.47 Å². The van der Waals surface area contributed by atoms with Crippen LogP contribution in [0.15, 0.2) is 18.2 Å². The van der Waals surface area contributed by atoms with Crippen LogP contribution in [0.5, 0.6) is 0 Å². The molecule has 1 aliphatic heterocycles. The van der Waals surface area contributed by atoms with Crippen molar-refractivity contribution in [3.63, 3.8) is 0 Å². The van der Waals surface area contributed by atoms with E-state index in [2.05, 4.69) is 0 Å². The Hall–Kier alpha value is -1.08.